The molecule has 0 saturated heterocycles. The summed E-state index contributed by atoms with van der Waals surface area (Å²) < 4.78 is 205. The van der Waals surface area contributed by atoms with E-state index >= 15 is 0 Å². The van der Waals surface area contributed by atoms with Crippen LogP contribution in [0.25, 0.3) is 0 Å². The minimum atomic E-state index is -5.44. The third-order valence-electron chi connectivity index (χ3n) is 11.0. The summed E-state index contributed by atoms with van der Waals surface area (Å²) in [5.74, 6) is -14.6. The molecule has 0 atom stereocenters. The topological polar surface area (TPSA) is 444 Å². The van der Waals surface area contributed by atoms with Gasteiger partial charge in [-0.25, -0.2) is 16.8 Å². The monoisotopic (exact) mass is 1450 g/mol. The van der Waals surface area contributed by atoms with Gasteiger partial charge in [-0.2, -0.15) is 160 Å². The van der Waals surface area contributed by atoms with Crippen LogP contribution in [0.1, 0.15) is 16.7 Å². The van der Waals surface area contributed by atoms with Crippen LogP contribution in [0.2, 0.25) is 0 Å². The average molecular weight is 1450 g/mol. The normalized spacial score (nSPS) is 13.0. The predicted molar refractivity (Wildman–Crippen MR) is 288 cm³/mol. The number of sulfone groups is 2. The molecule has 0 fully saturated rings. The molecule has 0 amide bonds. The van der Waals surface area contributed by atoms with Crippen LogP contribution < -0.4 is 18.9 Å². The predicted octanol–water partition coefficient (Wildman–Crippen LogP) is 7.45. The number of benzene rings is 8. The summed E-state index contributed by atoms with van der Waals surface area (Å²) in [4.78, 5) is -10.3. The molecule has 8 aromatic carbocycles. The maximum absolute atomic E-state index is 13.4. The van der Waals surface area contributed by atoms with Crippen molar-refractivity contribution in [3.8, 4) is 74.7 Å². The Labute approximate surface area is 542 Å². The molecule has 26 nitrogen and oxygen atoms in total. The van der Waals surface area contributed by atoms with Crippen molar-refractivity contribution in [3.63, 3.8) is 0 Å². The molecule has 0 aromatic heterocycles. The van der Waals surface area contributed by atoms with E-state index < -0.39 is 168 Å². The number of aromatic hydroxyl groups is 6. The quantitative estimate of drug-likeness (QED) is 0.0420. The third-order valence-corrected chi connectivity index (χ3v) is 18.1. The fourth-order valence-electron chi connectivity index (χ4n) is 7.15. The number of hydrogen-bond donors (Lipinski definition) is 10. The summed E-state index contributed by atoms with van der Waals surface area (Å²) >= 11 is 0. The molecule has 2 aliphatic heterocycles. The van der Waals surface area contributed by atoms with Crippen LogP contribution in [0, 0.1) is 45.0 Å². The first-order chi connectivity index (χ1) is 38.9. The van der Waals surface area contributed by atoms with Gasteiger partial charge in [0.1, 0.15) is 19.6 Å². The number of phenols is 6. The molecular formula is C52H42O26S6Y2-4. The van der Waals surface area contributed by atoms with Crippen molar-refractivity contribution >= 4 is 60.1 Å². The van der Waals surface area contributed by atoms with E-state index in [0.29, 0.717) is 24.3 Å². The molecule has 452 valence electrons. The van der Waals surface area contributed by atoms with E-state index in [-0.39, 0.29) is 71.2 Å². The molecule has 0 saturated carbocycles. The van der Waals surface area contributed by atoms with Crippen molar-refractivity contribution < 1.29 is 184 Å². The second-order valence-electron chi connectivity index (χ2n) is 16.9. The average Bonchev–Trinajstić information content (AvgIpc) is 0.732. The summed E-state index contributed by atoms with van der Waals surface area (Å²) in [6.45, 7) is 6.19. The number of phenolic OH excluding ortho intramolecular Hbond substituents is 6. The van der Waals surface area contributed by atoms with Gasteiger partial charge in [0.25, 0.3) is 0 Å². The minimum absolute atomic E-state index is 0. The van der Waals surface area contributed by atoms with E-state index in [1.54, 1.807) is 0 Å². The van der Waals surface area contributed by atoms with Crippen LogP contribution >= 0.6 is 0 Å². The van der Waals surface area contributed by atoms with E-state index in [2.05, 4.69) is 45.0 Å². The first-order valence-corrected chi connectivity index (χ1v) is 31.4. The number of hydrogen-bond acceptors (Lipinski definition) is 22. The third kappa shape index (κ3) is 16.2. The molecule has 10 N–H and O–H groups in total. The van der Waals surface area contributed by atoms with Crippen LogP contribution in [0.5, 0.6) is 74.7 Å². The van der Waals surface area contributed by atoms with Gasteiger partial charge in [-0.05, 0) is 0 Å². The fourth-order valence-corrected chi connectivity index (χ4v) is 13.4. The molecule has 2 aliphatic rings. The van der Waals surface area contributed by atoms with Gasteiger partial charge in [-0.3, -0.25) is 18.2 Å². The smallest absolute Gasteiger partial charge is 0.302 e. The Morgan fingerprint density at radius 1 is 0.395 bits per heavy atom. The summed E-state index contributed by atoms with van der Waals surface area (Å²) in [7, 11) is -30.6. The molecule has 8 aromatic rings. The van der Waals surface area contributed by atoms with Gasteiger partial charge in [-0.1, -0.05) is 20.8 Å². The Balaban J connectivity index is 0.000000272. The number of fused-ring (bicyclic) bond motifs is 4. The van der Waals surface area contributed by atoms with Gasteiger partial charge in [0.05, 0.1) is 7.11 Å². The Morgan fingerprint density at radius 2 is 0.640 bits per heavy atom. The zero-order chi connectivity index (χ0) is 62.7. The second kappa shape index (κ2) is 28.1. The molecule has 34 heteroatoms. The van der Waals surface area contributed by atoms with E-state index in [1.807, 2.05) is 72.8 Å². The molecule has 0 aliphatic carbocycles. The van der Waals surface area contributed by atoms with Gasteiger partial charge in [-0.15, -0.1) is 12.1 Å². The zero-order valence-electron chi connectivity index (χ0n) is 44.2. The standard InChI is InChI=1S/C19H13O13S3.C12H8O13S3.3C7H7.2Y/c1-30-10-7-12-16(18(14(10)20)34(24,25)26)32-17-13(33(12,22)23)8-11(15(21)19(17)35(27,28)29)31-9-5-3-2-4-6-9;13-3-1-5-9(11(7(3)15)27(19,20)21)25-10-6(26(5,17)18)2-4(14)8(16)12(10)28(22,23)24;3*1-7-5-3-2-4-6-7;;/h3-8,20-21H,1H3,(H,24,25,26)(H,27,28,29);1-2,13-16H,(H,19,20,21)(H,22,23,24);3*3-6H,1H3;;/q-1;;3*-1;;. The van der Waals surface area contributed by atoms with E-state index in [9.17, 15) is 99.4 Å². The van der Waals surface area contributed by atoms with Crippen molar-refractivity contribution in [2.24, 2.45) is 0 Å². The Hall–Kier alpha value is -6.49. The second-order valence-corrected chi connectivity index (χ2v) is 26.2. The van der Waals surface area contributed by atoms with Crippen molar-refractivity contribution in [3.05, 3.63) is 162 Å². The molecule has 2 heterocycles. The molecule has 0 spiro atoms. The van der Waals surface area contributed by atoms with Gasteiger partial charge in [0.2, 0.25) is 19.7 Å². The molecular weight excluding hydrogens is 1410 g/mol. The maximum Gasteiger partial charge on any atom is 0.302 e. The molecule has 0 unspecified atom stereocenters. The first kappa shape index (κ1) is 72.0. The Morgan fingerprint density at radius 3 is 0.895 bits per heavy atom. The maximum atomic E-state index is 13.4. The molecule has 2 radical (unpaired) electrons. The molecule has 0 bridgehead atoms. The van der Waals surface area contributed by atoms with Crippen molar-refractivity contribution in [1.82, 2.24) is 0 Å². The Bertz CT molecular complexity index is 4350. The van der Waals surface area contributed by atoms with Crippen molar-refractivity contribution in [1.29, 1.82) is 0 Å². The summed E-state index contributed by atoms with van der Waals surface area (Å²) in [5.41, 5.74) is 3.87. The van der Waals surface area contributed by atoms with Gasteiger partial charge >= 0.3 is 40.5 Å². The Kier molecular flexibility index (Phi) is 23.5. The van der Waals surface area contributed by atoms with Crippen LogP contribution in [0.3, 0.4) is 0 Å². The van der Waals surface area contributed by atoms with Gasteiger partial charge in [0, 0.05) is 95.4 Å². The molecule has 10 rings (SSSR count). The van der Waals surface area contributed by atoms with Gasteiger partial charge in [0.15, 0.2) is 88.6 Å². The van der Waals surface area contributed by atoms with E-state index in [4.69, 9.17) is 18.9 Å². The number of methoxy groups -OCH3 is 1. The minimum Gasteiger partial charge on any atom is -0.504 e. The number of ether oxygens (including phenoxy) is 4. The van der Waals surface area contributed by atoms with Crippen LogP contribution in [0.15, 0.2) is 160 Å². The number of aryl methyl sites for hydroxylation is 3. The summed E-state index contributed by atoms with van der Waals surface area (Å²) in [6.07, 6.45) is 0. The largest absolute Gasteiger partial charge is 0.504 e. The van der Waals surface area contributed by atoms with Gasteiger partial charge < -0.3 is 49.6 Å². The van der Waals surface area contributed by atoms with Crippen molar-refractivity contribution in [2.45, 2.75) is 59.9 Å². The van der Waals surface area contributed by atoms with Crippen LogP contribution in [-0.2, 0) is 126 Å². The fraction of sp³-hybridized carbons (Fsp3) is 0.0769. The number of rotatable bonds is 7. The van der Waals surface area contributed by atoms with Crippen molar-refractivity contribution in [2.75, 3.05) is 7.11 Å². The summed E-state index contributed by atoms with van der Waals surface area (Å²) in [5, 5.41) is 59.4. The zero-order valence-corrected chi connectivity index (χ0v) is 54.7. The van der Waals surface area contributed by atoms with Crippen LogP contribution in [-0.4, -0.2) is 106 Å². The summed E-state index contributed by atoms with van der Waals surface area (Å²) in [6, 6.07) is 42.7. The van der Waals surface area contributed by atoms with E-state index in [1.165, 1.54) is 41.0 Å². The first-order valence-electron chi connectivity index (χ1n) is 22.6. The van der Waals surface area contributed by atoms with Crippen LogP contribution in [0.4, 0.5) is 0 Å². The SMILES string of the molecule is COc1cc2c(c(S(=O)(=O)O)c1O)Oc1c(cc(Oc3cc[c-]cc3)c(O)c1S(=O)(=O)O)S2(=O)=O.Cc1cc[c-]cc1.Cc1cc[c-]cc1.Cc1cc[c-]cc1.O=S(=O)(O)c1c(O)c(O)cc2c1Oc1c(cc(O)c(O)c1S(=O)(=O)O)S2(=O)=O.[Y].[Y]. The molecule has 86 heavy (non-hydrogen) atoms. The van der Waals surface area contributed by atoms with E-state index in [0.717, 1.165) is 7.11 Å².